The lowest BCUT2D eigenvalue weighted by atomic mass is 10.1. The van der Waals surface area contributed by atoms with E-state index in [2.05, 4.69) is 0 Å². The number of benzene rings is 1. The predicted molar refractivity (Wildman–Crippen MR) is 65.1 cm³/mol. The van der Waals surface area contributed by atoms with Crippen LogP contribution in [0.5, 0.6) is 0 Å². The van der Waals surface area contributed by atoms with Crippen molar-refractivity contribution >= 4 is 9.84 Å². The van der Waals surface area contributed by atoms with Crippen LogP contribution in [0.1, 0.15) is 17.0 Å². The van der Waals surface area contributed by atoms with Crippen molar-refractivity contribution in [2.75, 3.05) is 12.8 Å². The molecule has 1 aliphatic carbocycles. The quantitative estimate of drug-likeness (QED) is 0.858. The van der Waals surface area contributed by atoms with Crippen LogP contribution in [0.2, 0.25) is 0 Å². The van der Waals surface area contributed by atoms with Gasteiger partial charge in [-0.15, -0.1) is 0 Å². The molecule has 0 aromatic heterocycles. The monoisotopic (exact) mass is 239 g/mol. The van der Waals surface area contributed by atoms with Crippen molar-refractivity contribution in [2.24, 2.45) is 11.7 Å². The van der Waals surface area contributed by atoms with Crippen molar-refractivity contribution in [2.45, 2.75) is 18.1 Å². The van der Waals surface area contributed by atoms with Crippen LogP contribution in [0.15, 0.2) is 24.3 Å². The van der Waals surface area contributed by atoms with Crippen LogP contribution in [0, 0.1) is 12.8 Å². The Morgan fingerprint density at radius 1 is 1.25 bits per heavy atom. The summed E-state index contributed by atoms with van der Waals surface area (Å²) in [4.78, 5) is 0. The molecule has 0 unspecified atom stereocenters. The van der Waals surface area contributed by atoms with Gasteiger partial charge in [0.25, 0.3) is 0 Å². The molecule has 2 N–H and O–H groups in total. The maximum absolute atomic E-state index is 11.6. The molecule has 1 fully saturated rings. The molecule has 0 radical (unpaired) electrons. The minimum atomic E-state index is -2.98. The first-order valence-electron chi connectivity index (χ1n) is 5.40. The third kappa shape index (κ3) is 1.99. The molecule has 1 aromatic rings. The van der Waals surface area contributed by atoms with Gasteiger partial charge in [0.15, 0.2) is 9.84 Å². The Morgan fingerprint density at radius 3 is 2.19 bits per heavy atom. The SMILES string of the molecule is Cc1ccc([C@@H]2[C@@H](CN)[C@H]2S(C)(=O)=O)cc1. The predicted octanol–water partition coefficient (Wildman–Crippen LogP) is 1.08. The van der Waals surface area contributed by atoms with E-state index in [0.717, 1.165) is 5.56 Å². The Labute approximate surface area is 96.6 Å². The molecule has 1 aliphatic rings. The second kappa shape index (κ2) is 3.86. The molecule has 4 heteroatoms. The van der Waals surface area contributed by atoms with Crippen LogP contribution in [0.3, 0.4) is 0 Å². The third-order valence-electron chi connectivity index (χ3n) is 3.33. The molecule has 88 valence electrons. The first kappa shape index (κ1) is 11.6. The summed E-state index contributed by atoms with van der Waals surface area (Å²) in [5.74, 6) is 0.193. The molecule has 0 amide bonds. The Hall–Kier alpha value is -0.870. The van der Waals surface area contributed by atoms with Crippen molar-refractivity contribution in [3.8, 4) is 0 Å². The molecular formula is C12H17NO2S. The van der Waals surface area contributed by atoms with Crippen molar-refractivity contribution in [1.82, 2.24) is 0 Å². The van der Waals surface area contributed by atoms with Gasteiger partial charge in [-0.3, -0.25) is 0 Å². The largest absolute Gasteiger partial charge is 0.330 e. The lowest BCUT2D eigenvalue weighted by Crippen LogP contribution is -2.11. The first-order valence-corrected chi connectivity index (χ1v) is 7.36. The van der Waals surface area contributed by atoms with E-state index in [4.69, 9.17) is 5.73 Å². The summed E-state index contributed by atoms with van der Waals surface area (Å²) in [6, 6.07) is 8.04. The van der Waals surface area contributed by atoms with Crippen LogP contribution >= 0.6 is 0 Å². The van der Waals surface area contributed by atoms with Crippen molar-refractivity contribution in [3.63, 3.8) is 0 Å². The van der Waals surface area contributed by atoms with Gasteiger partial charge in [-0.2, -0.15) is 0 Å². The number of hydrogen-bond acceptors (Lipinski definition) is 3. The lowest BCUT2D eigenvalue weighted by molar-refractivity contribution is 0.597. The van der Waals surface area contributed by atoms with Gasteiger partial charge in [-0.05, 0) is 24.9 Å². The summed E-state index contributed by atoms with van der Waals surface area (Å²) in [5.41, 5.74) is 7.89. The Bertz CT molecular complexity index is 478. The zero-order chi connectivity index (χ0) is 11.9. The summed E-state index contributed by atoms with van der Waals surface area (Å²) in [6.07, 6.45) is 1.30. The molecule has 0 bridgehead atoms. The highest BCUT2D eigenvalue weighted by Gasteiger charge is 2.55. The molecule has 1 aromatic carbocycles. The van der Waals surface area contributed by atoms with E-state index in [1.54, 1.807) is 0 Å². The van der Waals surface area contributed by atoms with Crippen LogP contribution in [0.25, 0.3) is 0 Å². The molecule has 3 atom stereocenters. The van der Waals surface area contributed by atoms with E-state index in [1.165, 1.54) is 11.8 Å². The molecule has 3 nitrogen and oxygen atoms in total. The summed E-state index contributed by atoms with van der Waals surface area (Å²) in [5, 5.41) is -0.278. The molecule has 0 aliphatic heterocycles. The molecule has 0 heterocycles. The zero-order valence-corrected chi connectivity index (χ0v) is 10.4. The second-order valence-electron chi connectivity index (χ2n) is 4.63. The third-order valence-corrected chi connectivity index (χ3v) is 4.96. The summed E-state index contributed by atoms with van der Waals surface area (Å²) in [7, 11) is -2.98. The smallest absolute Gasteiger partial charge is 0.151 e. The highest BCUT2D eigenvalue weighted by Crippen LogP contribution is 2.51. The molecule has 1 saturated carbocycles. The van der Waals surface area contributed by atoms with Crippen molar-refractivity contribution < 1.29 is 8.42 Å². The highest BCUT2D eigenvalue weighted by atomic mass is 32.2. The van der Waals surface area contributed by atoms with Gasteiger partial charge < -0.3 is 5.73 Å². The van der Waals surface area contributed by atoms with Gasteiger partial charge in [-0.25, -0.2) is 8.42 Å². The normalized spacial score (nSPS) is 29.1. The van der Waals surface area contributed by atoms with Gasteiger partial charge in [0.05, 0.1) is 5.25 Å². The Kier molecular flexibility index (Phi) is 2.80. The van der Waals surface area contributed by atoms with Gasteiger partial charge in [0.2, 0.25) is 0 Å². The van der Waals surface area contributed by atoms with E-state index in [9.17, 15) is 8.42 Å². The van der Waals surface area contributed by atoms with Gasteiger partial charge in [0.1, 0.15) is 0 Å². The molecule has 16 heavy (non-hydrogen) atoms. The van der Waals surface area contributed by atoms with E-state index in [1.807, 2.05) is 31.2 Å². The Balaban J connectivity index is 2.27. The second-order valence-corrected chi connectivity index (χ2v) is 6.83. The van der Waals surface area contributed by atoms with E-state index >= 15 is 0 Å². The van der Waals surface area contributed by atoms with Crippen molar-refractivity contribution in [1.29, 1.82) is 0 Å². The van der Waals surface area contributed by atoms with Crippen LogP contribution in [-0.4, -0.2) is 26.5 Å². The van der Waals surface area contributed by atoms with Crippen LogP contribution in [-0.2, 0) is 9.84 Å². The topological polar surface area (TPSA) is 60.2 Å². The fourth-order valence-electron chi connectivity index (χ4n) is 2.43. The summed E-state index contributed by atoms with van der Waals surface area (Å²) >= 11 is 0. The number of sulfone groups is 1. The fraction of sp³-hybridized carbons (Fsp3) is 0.500. The molecular weight excluding hydrogens is 222 g/mol. The van der Waals surface area contributed by atoms with E-state index in [0.29, 0.717) is 6.54 Å². The molecule has 0 spiro atoms. The van der Waals surface area contributed by atoms with Gasteiger partial charge in [0, 0.05) is 12.2 Å². The van der Waals surface area contributed by atoms with Crippen LogP contribution < -0.4 is 5.73 Å². The first-order chi connectivity index (χ1) is 7.45. The van der Waals surface area contributed by atoms with Crippen LogP contribution in [0.4, 0.5) is 0 Å². The zero-order valence-electron chi connectivity index (χ0n) is 9.55. The maximum atomic E-state index is 11.6. The fourth-order valence-corrected chi connectivity index (χ4v) is 4.15. The van der Waals surface area contributed by atoms with E-state index < -0.39 is 9.84 Å². The Morgan fingerprint density at radius 2 is 1.81 bits per heavy atom. The van der Waals surface area contributed by atoms with Gasteiger partial charge in [-0.1, -0.05) is 29.8 Å². The molecule has 2 rings (SSSR count). The lowest BCUT2D eigenvalue weighted by Gasteiger charge is -2.00. The maximum Gasteiger partial charge on any atom is 0.151 e. The minimum Gasteiger partial charge on any atom is -0.330 e. The summed E-state index contributed by atoms with van der Waals surface area (Å²) in [6.45, 7) is 2.46. The highest BCUT2D eigenvalue weighted by molar-refractivity contribution is 7.91. The number of rotatable bonds is 3. The molecule has 0 saturated heterocycles. The number of hydrogen-bond donors (Lipinski definition) is 1. The number of aryl methyl sites for hydroxylation is 1. The summed E-state index contributed by atoms with van der Waals surface area (Å²) < 4.78 is 23.1. The average molecular weight is 239 g/mol. The minimum absolute atomic E-state index is 0.0951. The number of nitrogens with two attached hydrogens (primary N) is 1. The van der Waals surface area contributed by atoms with Crippen molar-refractivity contribution in [3.05, 3.63) is 35.4 Å². The van der Waals surface area contributed by atoms with Gasteiger partial charge >= 0.3 is 0 Å². The average Bonchev–Trinajstić information content (AvgIpc) is 2.92. The standard InChI is InChI=1S/C12H17NO2S/c1-8-3-5-9(6-4-8)11-10(7-13)12(11)16(2,14)15/h3-6,10-12H,7,13H2,1-2H3/t10-,11-,12-/m1/s1. The van der Waals surface area contributed by atoms with E-state index in [-0.39, 0.29) is 17.1 Å².